The fraction of sp³-hybridized carbons (Fsp3) is 0.647. The van der Waals surface area contributed by atoms with Crippen LogP contribution in [0.5, 0.6) is 5.75 Å². The number of rotatable bonds is 5. The first-order chi connectivity index (χ1) is 11.5. The number of hydroxylamine groups is 2. The SMILES string of the molecule is COCCN1Cc2cc(CO)c(N3C[C@@H](C)O[C@@H](C)C3)c(F)c2O1. The van der Waals surface area contributed by atoms with Gasteiger partial charge in [0, 0.05) is 31.3 Å². The summed E-state index contributed by atoms with van der Waals surface area (Å²) in [5.41, 5.74) is 1.77. The molecular formula is C17H25FN2O4. The largest absolute Gasteiger partial charge is 0.402 e. The molecule has 24 heavy (non-hydrogen) atoms. The maximum Gasteiger partial charge on any atom is 0.191 e. The average molecular weight is 340 g/mol. The Morgan fingerprint density at radius 3 is 2.67 bits per heavy atom. The third kappa shape index (κ3) is 3.35. The predicted molar refractivity (Wildman–Crippen MR) is 87.5 cm³/mol. The lowest BCUT2D eigenvalue weighted by Gasteiger charge is -2.38. The van der Waals surface area contributed by atoms with Crippen molar-refractivity contribution in [1.29, 1.82) is 0 Å². The van der Waals surface area contributed by atoms with Crippen LogP contribution in [0.25, 0.3) is 0 Å². The highest BCUT2D eigenvalue weighted by Gasteiger charge is 2.32. The summed E-state index contributed by atoms with van der Waals surface area (Å²) in [6.45, 7) is 6.44. The van der Waals surface area contributed by atoms with E-state index in [0.29, 0.717) is 44.0 Å². The van der Waals surface area contributed by atoms with E-state index in [1.54, 1.807) is 12.2 Å². The van der Waals surface area contributed by atoms with E-state index in [0.717, 1.165) is 5.56 Å². The standard InChI is InChI=1S/C17H25FN2O4/c1-11-7-19(8-12(2)23-11)16-14(10-21)6-13-9-20(4-5-22-3)24-17(13)15(16)18/h6,11-12,21H,4-5,7-10H2,1-3H3/t11-,12+. The Labute approximate surface area is 141 Å². The van der Waals surface area contributed by atoms with Crippen molar-refractivity contribution in [2.45, 2.75) is 39.2 Å². The summed E-state index contributed by atoms with van der Waals surface area (Å²) in [6, 6.07) is 1.84. The van der Waals surface area contributed by atoms with Crippen LogP contribution in [0.3, 0.4) is 0 Å². The molecule has 1 N–H and O–H groups in total. The first kappa shape index (κ1) is 17.4. The summed E-state index contributed by atoms with van der Waals surface area (Å²) >= 11 is 0. The van der Waals surface area contributed by atoms with Crippen molar-refractivity contribution in [1.82, 2.24) is 5.06 Å². The number of nitrogens with zero attached hydrogens (tertiary/aromatic N) is 2. The second kappa shape index (κ2) is 7.23. The minimum absolute atomic E-state index is 0.00654. The van der Waals surface area contributed by atoms with E-state index < -0.39 is 5.82 Å². The number of hydrogen-bond donors (Lipinski definition) is 1. The molecule has 1 aromatic rings. The molecule has 0 unspecified atom stereocenters. The predicted octanol–water partition coefficient (Wildman–Crippen LogP) is 1.69. The number of fused-ring (bicyclic) bond motifs is 1. The van der Waals surface area contributed by atoms with E-state index in [9.17, 15) is 5.11 Å². The molecule has 0 radical (unpaired) electrons. The summed E-state index contributed by atoms with van der Waals surface area (Å²) in [4.78, 5) is 7.61. The number of ether oxygens (including phenoxy) is 2. The molecular weight excluding hydrogens is 315 g/mol. The molecule has 2 heterocycles. The summed E-state index contributed by atoms with van der Waals surface area (Å²) in [7, 11) is 1.62. The van der Waals surface area contributed by atoms with Crippen molar-refractivity contribution in [3.05, 3.63) is 23.0 Å². The molecule has 1 fully saturated rings. The molecule has 6 nitrogen and oxygen atoms in total. The van der Waals surface area contributed by atoms with Crippen LogP contribution in [0.2, 0.25) is 0 Å². The maximum absolute atomic E-state index is 15.2. The van der Waals surface area contributed by atoms with E-state index in [1.807, 2.05) is 24.8 Å². The Hall–Kier alpha value is -1.41. The zero-order chi connectivity index (χ0) is 17.3. The lowest BCUT2D eigenvalue weighted by molar-refractivity contribution is -0.0590. The maximum atomic E-state index is 15.2. The molecule has 2 atom stereocenters. The fourth-order valence-corrected chi connectivity index (χ4v) is 3.44. The van der Waals surface area contributed by atoms with Crippen molar-refractivity contribution in [2.24, 2.45) is 0 Å². The number of aliphatic hydroxyl groups is 1. The van der Waals surface area contributed by atoms with Crippen LogP contribution in [0.1, 0.15) is 25.0 Å². The normalized spacial score (nSPS) is 24.1. The van der Waals surface area contributed by atoms with Gasteiger partial charge in [0.1, 0.15) is 0 Å². The molecule has 134 valence electrons. The second-order valence-corrected chi connectivity index (χ2v) is 6.45. The summed E-state index contributed by atoms with van der Waals surface area (Å²) in [5.74, 6) is -0.150. The lowest BCUT2D eigenvalue weighted by Crippen LogP contribution is -2.46. The van der Waals surface area contributed by atoms with Gasteiger partial charge in [0.05, 0.1) is 44.2 Å². The summed E-state index contributed by atoms with van der Waals surface area (Å²) in [5, 5.41) is 11.4. The van der Waals surface area contributed by atoms with Crippen LogP contribution in [-0.4, -0.2) is 55.7 Å². The Morgan fingerprint density at radius 1 is 1.33 bits per heavy atom. The number of methoxy groups -OCH3 is 1. The Morgan fingerprint density at radius 2 is 2.04 bits per heavy atom. The highest BCUT2D eigenvalue weighted by atomic mass is 19.1. The van der Waals surface area contributed by atoms with Crippen LogP contribution in [-0.2, 0) is 22.6 Å². The van der Waals surface area contributed by atoms with Gasteiger partial charge < -0.3 is 24.3 Å². The monoisotopic (exact) mass is 340 g/mol. The van der Waals surface area contributed by atoms with Gasteiger partial charge in [0.2, 0.25) is 0 Å². The highest BCUT2D eigenvalue weighted by Crippen LogP contribution is 2.40. The zero-order valence-electron chi connectivity index (χ0n) is 14.4. The van der Waals surface area contributed by atoms with Crippen molar-refractivity contribution in [3.8, 4) is 5.75 Å². The zero-order valence-corrected chi connectivity index (χ0v) is 14.4. The minimum atomic E-state index is -0.405. The lowest BCUT2D eigenvalue weighted by atomic mass is 10.0. The number of hydrogen-bond acceptors (Lipinski definition) is 6. The van der Waals surface area contributed by atoms with Crippen molar-refractivity contribution in [3.63, 3.8) is 0 Å². The molecule has 0 spiro atoms. The molecule has 0 amide bonds. The number of benzene rings is 1. The average Bonchev–Trinajstić information content (AvgIpc) is 2.95. The molecule has 1 aromatic carbocycles. The summed E-state index contributed by atoms with van der Waals surface area (Å²) < 4.78 is 25.9. The van der Waals surface area contributed by atoms with E-state index in [2.05, 4.69) is 0 Å². The smallest absolute Gasteiger partial charge is 0.191 e. The highest BCUT2D eigenvalue weighted by molar-refractivity contribution is 5.62. The number of aliphatic hydroxyl groups excluding tert-OH is 1. The Bertz CT molecular complexity index is 588. The van der Waals surface area contributed by atoms with Crippen LogP contribution >= 0.6 is 0 Å². The van der Waals surface area contributed by atoms with Crippen molar-refractivity contribution < 1.29 is 23.8 Å². The van der Waals surface area contributed by atoms with Gasteiger partial charge >= 0.3 is 0 Å². The third-order valence-electron chi connectivity index (χ3n) is 4.37. The Balaban J connectivity index is 1.91. The van der Waals surface area contributed by atoms with Crippen LogP contribution in [0.15, 0.2) is 6.07 Å². The van der Waals surface area contributed by atoms with Gasteiger partial charge in [0.25, 0.3) is 0 Å². The fourth-order valence-electron chi connectivity index (χ4n) is 3.44. The molecule has 0 bridgehead atoms. The van der Waals surface area contributed by atoms with Gasteiger partial charge in [-0.25, -0.2) is 4.39 Å². The molecule has 1 saturated heterocycles. The van der Waals surface area contributed by atoms with Crippen LogP contribution in [0.4, 0.5) is 10.1 Å². The van der Waals surface area contributed by atoms with Gasteiger partial charge in [0.15, 0.2) is 11.6 Å². The molecule has 2 aliphatic heterocycles. The van der Waals surface area contributed by atoms with Crippen LogP contribution < -0.4 is 9.74 Å². The first-order valence-corrected chi connectivity index (χ1v) is 8.30. The van der Waals surface area contributed by atoms with E-state index >= 15 is 4.39 Å². The second-order valence-electron chi connectivity index (χ2n) is 6.45. The number of anilines is 1. The van der Waals surface area contributed by atoms with E-state index in [4.69, 9.17) is 14.3 Å². The van der Waals surface area contributed by atoms with Crippen molar-refractivity contribution >= 4 is 5.69 Å². The third-order valence-corrected chi connectivity index (χ3v) is 4.37. The first-order valence-electron chi connectivity index (χ1n) is 8.30. The van der Waals surface area contributed by atoms with E-state index in [-0.39, 0.29) is 24.6 Å². The molecule has 0 aromatic heterocycles. The summed E-state index contributed by atoms with van der Waals surface area (Å²) in [6.07, 6.45) is 0.0131. The van der Waals surface area contributed by atoms with Crippen molar-refractivity contribution in [2.75, 3.05) is 38.3 Å². The molecule has 0 aliphatic carbocycles. The van der Waals surface area contributed by atoms with Gasteiger partial charge in [-0.1, -0.05) is 0 Å². The number of morpholine rings is 1. The molecule has 3 rings (SSSR count). The quantitative estimate of drug-likeness (QED) is 0.880. The van der Waals surface area contributed by atoms with E-state index in [1.165, 1.54) is 0 Å². The molecule has 2 aliphatic rings. The van der Waals surface area contributed by atoms with Gasteiger partial charge in [-0.2, -0.15) is 0 Å². The van der Waals surface area contributed by atoms with Gasteiger partial charge in [-0.15, -0.1) is 5.06 Å². The molecule has 7 heteroatoms. The molecule has 0 saturated carbocycles. The van der Waals surface area contributed by atoms with Gasteiger partial charge in [-0.05, 0) is 19.9 Å². The Kier molecular flexibility index (Phi) is 5.24. The topological polar surface area (TPSA) is 54.4 Å². The van der Waals surface area contributed by atoms with Gasteiger partial charge in [-0.3, -0.25) is 0 Å². The minimum Gasteiger partial charge on any atom is -0.402 e. The number of halogens is 1. The van der Waals surface area contributed by atoms with Crippen LogP contribution in [0, 0.1) is 5.82 Å².